The number of carbonyl (C=O) groups is 2. The van der Waals surface area contributed by atoms with Gasteiger partial charge in [0, 0.05) is 37.3 Å². The molecule has 0 radical (unpaired) electrons. The summed E-state index contributed by atoms with van der Waals surface area (Å²) in [5, 5.41) is 14.2. The Kier molecular flexibility index (Phi) is 6.14. The fraction of sp³-hybridized carbons (Fsp3) is 0.300. The maximum atomic E-state index is 12.6. The first-order valence-corrected chi connectivity index (χ1v) is 9.13. The van der Waals surface area contributed by atoms with E-state index in [4.69, 9.17) is 4.74 Å². The SMILES string of the molecule is Cn1c(=O)c2cnccc2c2cc(C=O)c(OCC(CCC(F)(F)F)NC(=O)[O-])cc21. The van der Waals surface area contributed by atoms with Crippen molar-refractivity contribution in [3.63, 3.8) is 0 Å². The molecule has 1 amide bonds. The van der Waals surface area contributed by atoms with E-state index in [1.54, 1.807) is 6.07 Å². The Bertz CT molecular complexity index is 1210. The molecule has 0 saturated carbocycles. The lowest BCUT2D eigenvalue weighted by atomic mass is 10.0. The molecule has 1 N–H and O–H groups in total. The van der Waals surface area contributed by atoms with E-state index in [0.717, 1.165) is 0 Å². The highest BCUT2D eigenvalue weighted by Crippen LogP contribution is 2.29. The summed E-state index contributed by atoms with van der Waals surface area (Å²) >= 11 is 0. The standard InChI is InChI=1S/C20H18F3N3O5/c1-26-16-7-17(31-10-12(25-19(29)30)2-4-20(21,22)23)11(9-27)6-14(16)13-3-5-24-8-15(13)18(26)28/h3,5-9,12,25H,2,4,10H2,1H3,(H,29,30)/p-1. The Morgan fingerprint density at radius 2 is 2.06 bits per heavy atom. The van der Waals surface area contributed by atoms with Crippen molar-refractivity contribution in [2.45, 2.75) is 25.1 Å². The number of halogens is 3. The van der Waals surface area contributed by atoms with Gasteiger partial charge in [-0.3, -0.25) is 14.6 Å². The van der Waals surface area contributed by atoms with Crippen LogP contribution in [0.4, 0.5) is 18.0 Å². The minimum absolute atomic E-state index is 0.00284. The zero-order chi connectivity index (χ0) is 22.8. The van der Waals surface area contributed by atoms with Crippen molar-refractivity contribution in [1.29, 1.82) is 0 Å². The number of hydrogen-bond donors (Lipinski definition) is 1. The number of fused-ring (bicyclic) bond motifs is 3. The van der Waals surface area contributed by atoms with Crippen molar-refractivity contribution in [1.82, 2.24) is 14.9 Å². The number of aryl methyl sites for hydroxylation is 1. The van der Waals surface area contributed by atoms with Gasteiger partial charge >= 0.3 is 6.18 Å². The Labute approximate surface area is 173 Å². The summed E-state index contributed by atoms with van der Waals surface area (Å²) in [5.74, 6) is 0.00284. The van der Waals surface area contributed by atoms with Crippen molar-refractivity contribution in [2.24, 2.45) is 7.05 Å². The number of hydrogen-bond acceptors (Lipinski definition) is 6. The molecule has 3 rings (SSSR count). The predicted molar refractivity (Wildman–Crippen MR) is 103 cm³/mol. The summed E-state index contributed by atoms with van der Waals surface area (Å²) in [6, 6.07) is 3.33. The summed E-state index contributed by atoms with van der Waals surface area (Å²) in [7, 11) is 1.52. The zero-order valence-corrected chi connectivity index (χ0v) is 16.2. The van der Waals surface area contributed by atoms with Crippen LogP contribution in [0.5, 0.6) is 5.75 Å². The molecule has 1 unspecified atom stereocenters. The lowest BCUT2D eigenvalue weighted by molar-refractivity contribution is -0.252. The molecule has 1 atom stereocenters. The van der Waals surface area contributed by atoms with Gasteiger partial charge in [-0.05, 0) is 23.9 Å². The molecule has 0 aliphatic heterocycles. The summed E-state index contributed by atoms with van der Waals surface area (Å²) in [5.41, 5.74) is 0.179. The van der Waals surface area contributed by atoms with Gasteiger partial charge < -0.3 is 24.5 Å². The normalized spacial score (nSPS) is 12.6. The first-order valence-electron chi connectivity index (χ1n) is 9.13. The van der Waals surface area contributed by atoms with Crippen LogP contribution in [0, 0.1) is 0 Å². The number of ether oxygens (including phenoxy) is 1. The molecule has 0 fully saturated rings. The molecule has 0 bridgehead atoms. The summed E-state index contributed by atoms with van der Waals surface area (Å²) in [6.45, 7) is -0.470. The molecule has 3 aromatic rings. The second kappa shape index (κ2) is 8.62. The average Bonchev–Trinajstić information content (AvgIpc) is 2.72. The first-order chi connectivity index (χ1) is 14.6. The maximum absolute atomic E-state index is 12.6. The minimum atomic E-state index is -4.48. The molecular formula is C20H17F3N3O5-. The van der Waals surface area contributed by atoms with Gasteiger partial charge in [0.1, 0.15) is 18.4 Å². The minimum Gasteiger partial charge on any atom is -0.530 e. The number of carbonyl (C=O) groups excluding carboxylic acids is 2. The Morgan fingerprint density at radius 1 is 1.32 bits per heavy atom. The second-order valence-corrected chi connectivity index (χ2v) is 6.90. The molecule has 164 valence electrons. The third-order valence-corrected chi connectivity index (χ3v) is 4.80. The molecule has 0 aliphatic carbocycles. The van der Waals surface area contributed by atoms with Crippen LogP contribution in [-0.2, 0) is 7.05 Å². The maximum Gasteiger partial charge on any atom is 0.389 e. The van der Waals surface area contributed by atoms with E-state index in [-0.39, 0.29) is 16.9 Å². The number of aromatic nitrogens is 2. The van der Waals surface area contributed by atoms with Crippen LogP contribution in [0.2, 0.25) is 0 Å². The quantitative estimate of drug-likeness (QED) is 0.447. The van der Waals surface area contributed by atoms with Gasteiger partial charge in [-0.2, -0.15) is 13.2 Å². The Balaban J connectivity index is 1.98. The number of carboxylic acid groups (broad SMARTS) is 1. The Hall–Kier alpha value is -3.63. The smallest absolute Gasteiger partial charge is 0.389 e. The largest absolute Gasteiger partial charge is 0.530 e. The number of nitrogens with one attached hydrogen (secondary N) is 1. The van der Waals surface area contributed by atoms with E-state index in [9.17, 15) is 32.7 Å². The van der Waals surface area contributed by atoms with Crippen molar-refractivity contribution in [3.05, 3.63) is 46.5 Å². The lowest BCUT2D eigenvalue weighted by Gasteiger charge is -2.22. The van der Waals surface area contributed by atoms with E-state index in [1.165, 1.54) is 36.1 Å². The zero-order valence-electron chi connectivity index (χ0n) is 16.2. The number of nitrogens with zero attached hydrogens (tertiary/aromatic N) is 2. The van der Waals surface area contributed by atoms with E-state index in [2.05, 4.69) is 4.98 Å². The number of rotatable bonds is 7. The molecule has 11 heteroatoms. The summed E-state index contributed by atoms with van der Waals surface area (Å²) in [6.07, 6.45) is -4.60. The van der Waals surface area contributed by atoms with E-state index < -0.39 is 37.8 Å². The third kappa shape index (κ3) is 4.93. The molecule has 31 heavy (non-hydrogen) atoms. The van der Waals surface area contributed by atoms with Crippen molar-refractivity contribution in [3.8, 4) is 5.75 Å². The highest BCUT2D eigenvalue weighted by Gasteiger charge is 2.28. The lowest BCUT2D eigenvalue weighted by Crippen LogP contribution is -2.46. The van der Waals surface area contributed by atoms with E-state index >= 15 is 0 Å². The van der Waals surface area contributed by atoms with Gasteiger partial charge in [0.2, 0.25) is 0 Å². The predicted octanol–water partition coefficient (Wildman–Crippen LogP) is 1.92. The number of alkyl halides is 3. The van der Waals surface area contributed by atoms with Gasteiger partial charge in [0.15, 0.2) is 6.29 Å². The van der Waals surface area contributed by atoms with Crippen LogP contribution < -0.4 is 20.7 Å². The Morgan fingerprint density at radius 3 is 2.71 bits per heavy atom. The highest BCUT2D eigenvalue weighted by atomic mass is 19.4. The van der Waals surface area contributed by atoms with Crippen LogP contribution in [-0.4, -0.2) is 40.8 Å². The number of pyridine rings is 2. The third-order valence-electron chi connectivity index (χ3n) is 4.80. The number of amides is 1. The van der Waals surface area contributed by atoms with Gasteiger partial charge in [-0.15, -0.1) is 0 Å². The molecule has 8 nitrogen and oxygen atoms in total. The van der Waals surface area contributed by atoms with Crippen molar-refractivity contribution in [2.75, 3.05) is 6.61 Å². The molecular weight excluding hydrogens is 419 g/mol. The second-order valence-electron chi connectivity index (χ2n) is 6.90. The van der Waals surface area contributed by atoms with E-state index in [0.29, 0.717) is 28.0 Å². The van der Waals surface area contributed by atoms with Crippen LogP contribution in [0.25, 0.3) is 21.7 Å². The van der Waals surface area contributed by atoms with Gasteiger partial charge in [0.25, 0.3) is 5.56 Å². The van der Waals surface area contributed by atoms with E-state index in [1.807, 2.05) is 5.32 Å². The monoisotopic (exact) mass is 436 g/mol. The molecule has 2 heterocycles. The van der Waals surface area contributed by atoms with Crippen LogP contribution >= 0.6 is 0 Å². The fourth-order valence-corrected chi connectivity index (χ4v) is 3.28. The number of aldehydes is 1. The van der Waals surface area contributed by atoms with Gasteiger partial charge in [-0.25, -0.2) is 0 Å². The van der Waals surface area contributed by atoms with Crippen molar-refractivity contribution >= 4 is 34.1 Å². The topological polar surface area (TPSA) is 113 Å². The van der Waals surface area contributed by atoms with Gasteiger partial charge in [0.05, 0.1) is 22.5 Å². The summed E-state index contributed by atoms with van der Waals surface area (Å²) < 4.78 is 44.3. The molecule has 0 aliphatic rings. The molecule has 1 aromatic carbocycles. The molecule has 0 saturated heterocycles. The number of benzene rings is 1. The first kappa shape index (κ1) is 22.1. The van der Waals surface area contributed by atoms with Gasteiger partial charge in [-0.1, -0.05) is 0 Å². The summed E-state index contributed by atoms with van der Waals surface area (Å²) in [4.78, 5) is 38.9. The highest BCUT2D eigenvalue weighted by molar-refractivity contribution is 6.07. The molecule has 0 spiro atoms. The van der Waals surface area contributed by atoms with Crippen molar-refractivity contribution < 1.29 is 32.6 Å². The molecule has 2 aromatic heterocycles. The van der Waals surface area contributed by atoms with Crippen LogP contribution in [0.15, 0.2) is 35.4 Å². The van der Waals surface area contributed by atoms with Crippen LogP contribution in [0.1, 0.15) is 23.2 Å². The fourth-order valence-electron chi connectivity index (χ4n) is 3.28. The average molecular weight is 436 g/mol. The van der Waals surface area contributed by atoms with Crippen LogP contribution in [0.3, 0.4) is 0 Å².